The summed E-state index contributed by atoms with van der Waals surface area (Å²) in [6, 6.07) is 25.8. The molecule has 1 unspecified atom stereocenters. The highest BCUT2D eigenvalue weighted by Gasteiger charge is 2.46. The molecule has 4 nitrogen and oxygen atoms in total. The third kappa shape index (κ3) is 3.55. The molecule has 0 radical (unpaired) electrons. The van der Waals surface area contributed by atoms with Crippen LogP contribution in [0.25, 0.3) is 0 Å². The molecule has 0 saturated carbocycles. The summed E-state index contributed by atoms with van der Waals surface area (Å²) in [4.78, 5) is 31.0. The number of para-hydroxylation sites is 1. The topological polar surface area (TPSA) is 41.8 Å². The molecule has 5 heteroatoms. The van der Waals surface area contributed by atoms with Crippen LogP contribution in [0.3, 0.4) is 0 Å². The molecule has 0 bridgehead atoms. The smallest absolute Gasteiger partial charge is 0.292 e. The van der Waals surface area contributed by atoms with Crippen LogP contribution in [-0.2, 0) is 22.6 Å². The normalized spacial score (nSPS) is 21.0. The largest absolute Gasteiger partial charge is 0.320 e. The highest BCUT2D eigenvalue weighted by Crippen LogP contribution is 2.37. The third-order valence-electron chi connectivity index (χ3n) is 5.97. The predicted octanol–water partition coefficient (Wildman–Crippen LogP) is 3.11. The van der Waals surface area contributed by atoms with Gasteiger partial charge in [0.05, 0.1) is 18.7 Å². The first-order valence-electron chi connectivity index (χ1n) is 10.3. The lowest BCUT2D eigenvalue weighted by Crippen LogP contribution is -3.16. The Morgan fingerprint density at radius 1 is 0.833 bits per heavy atom. The van der Waals surface area contributed by atoms with Gasteiger partial charge in [0.2, 0.25) is 5.91 Å². The Labute approximate surface area is 180 Å². The fraction of sp³-hybridized carbons (Fsp3) is 0.200. The number of benzene rings is 3. The van der Waals surface area contributed by atoms with Crippen LogP contribution in [0, 0.1) is 0 Å². The number of amides is 2. The number of hydrogen-bond acceptors (Lipinski definition) is 3. The van der Waals surface area contributed by atoms with E-state index in [4.69, 9.17) is 0 Å². The number of quaternary nitrogens is 1. The van der Waals surface area contributed by atoms with E-state index in [0.717, 1.165) is 29.3 Å². The Bertz CT molecular complexity index is 1100. The fourth-order valence-electron chi connectivity index (χ4n) is 4.45. The minimum Gasteiger partial charge on any atom is -0.320 e. The van der Waals surface area contributed by atoms with Crippen molar-refractivity contribution in [1.82, 2.24) is 0 Å². The quantitative estimate of drug-likeness (QED) is 0.666. The lowest BCUT2D eigenvalue weighted by Gasteiger charge is -2.29. The number of carbonyl (C=O) groups excluding carboxylic acids is 2. The highest BCUT2D eigenvalue weighted by atomic mass is 32.2. The maximum atomic E-state index is 13.4. The summed E-state index contributed by atoms with van der Waals surface area (Å²) in [5.41, 5.74) is 3.35. The van der Waals surface area contributed by atoms with Gasteiger partial charge in [0.25, 0.3) is 5.91 Å². The number of carbonyl (C=O) groups is 2. The van der Waals surface area contributed by atoms with Crippen molar-refractivity contribution in [2.24, 2.45) is 0 Å². The lowest BCUT2D eigenvalue weighted by atomic mass is 9.98. The SMILES string of the molecule is O=C1C[C@H]([NH+]2CCc3ccccc3C2)C(=O)N1c1ccccc1Sc1ccccc1. The summed E-state index contributed by atoms with van der Waals surface area (Å²) < 4.78 is 0. The van der Waals surface area contributed by atoms with Crippen LogP contribution < -0.4 is 9.80 Å². The van der Waals surface area contributed by atoms with Crippen LogP contribution in [0.1, 0.15) is 17.5 Å². The van der Waals surface area contributed by atoms with Gasteiger partial charge in [-0.2, -0.15) is 0 Å². The second-order valence-electron chi connectivity index (χ2n) is 7.81. The zero-order chi connectivity index (χ0) is 20.5. The van der Waals surface area contributed by atoms with Gasteiger partial charge in [-0.15, -0.1) is 0 Å². The van der Waals surface area contributed by atoms with Crippen molar-refractivity contribution >= 4 is 29.3 Å². The molecule has 0 spiro atoms. The van der Waals surface area contributed by atoms with E-state index in [2.05, 4.69) is 18.2 Å². The van der Waals surface area contributed by atoms with Crippen LogP contribution >= 0.6 is 11.8 Å². The molecule has 2 heterocycles. The molecule has 2 atom stereocenters. The number of hydrogen-bond donors (Lipinski definition) is 1. The number of imide groups is 1. The summed E-state index contributed by atoms with van der Waals surface area (Å²) >= 11 is 1.58. The zero-order valence-corrected chi connectivity index (χ0v) is 17.4. The van der Waals surface area contributed by atoms with Crippen molar-refractivity contribution in [3.8, 4) is 0 Å². The molecule has 0 aromatic heterocycles. The van der Waals surface area contributed by atoms with E-state index < -0.39 is 0 Å². The maximum Gasteiger partial charge on any atom is 0.292 e. The molecule has 1 N–H and O–H groups in total. The van der Waals surface area contributed by atoms with E-state index in [1.807, 2.05) is 60.7 Å². The Morgan fingerprint density at radius 3 is 2.37 bits per heavy atom. The Hall–Kier alpha value is -2.89. The van der Waals surface area contributed by atoms with Crippen LogP contribution in [-0.4, -0.2) is 24.4 Å². The monoisotopic (exact) mass is 415 g/mol. The van der Waals surface area contributed by atoms with E-state index >= 15 is 0 Å². The van der Waals surface area contributed by atoms with E-state index in [-0.39, 0.29) is 24.3 Å². The fourth-order valence-corrected chi connectivity index (χ4v) is 5.40. The molecule has 3 aromatic rings. The molecule has 0 aliphatic carbocycles. The molecule has 30 heavy (non-hydrogen) atoms. The average Bonchev–Trinajstić information content (AvgIpc) is 3.08. The number of anilines is 1. The van der Waals surface area contributed by atoms with Gasteiger partial charge in [-0.25, -0.2) is 4.90 Å². The zero-order valence-electron chi connectivity index (χ0n) is 16.6. The molecule has 2 aliphatic rings. The van der Waals surface area contributed by atoms with Gasteiger partial charge >= 0.3 is 0 Å². The van der Waals surface area contributed by atoms with Crippen LogP contribution in [0.4, 0.5) is 5.69 Å². The van der Waals surface area contributed by atoms with Crippen molar-refractivity contribution in [3.63, 3.8) is 0 Å². The molecule has 150 valence electrons. The van der Waals surface area contributed by atoms with Crippen molar-refractivity contribution < 1.29 is 14.5 Å². The summed E-state index contributed by atoms with van der Waals surface area (Å²) in [7, 11) is 0. The minimum absolute atomic E-state index is 0.0736. The van der Waals surface area contributed by atoms with Gasteiger partial charge in [0.15, 0.2) is 6.04 Å². The molecule has 3 aromatic carbocycles. The van der Waals surface area contributed by atoms with Crippen LogP contribution in [0.2, 0.25) is 0 Å². The molecule has 1 fully saturated rings. The summed E-state index contributed by atoms with van der Waals surface area (Å²) in [5, 5.41) is 0. The molecule has 5 rings (SSSR count). The van der Waals surface area contributed by atoms with Crippen molar-refractivity contribution in [2.75, 3.05) is 11.4 Å². The molecular weight excluding hydrogens is 392 g/mol. The van der Waals surface area contributed by atoms with Gasteiger partial charge in [-0.3, -0.25) is 9.59 Å². The summed E-state index contributed by atoms with van der Waals surface area (Å²) in [6.07, 6.45) is 1.23. The Balaban J connectivity index is 1.41. The predicted molar refractivity (Wildman–Crippen MR) is 118 cm³/mol. The number of nitrogens with zero attached hydrogens (tertiary/aromatic N) is 1. The molecule has 1 saturated heterocycles. The van der Waals surface area contributed by atoms with Gasteiger partial charge in [0, 0.05) is 21.8 Å². The standard InChI is InChI=1S/C25H22N2O2S/c28-24-16-22(26-15-14-18-8-4-5-9-19(18)17-26)25(29)27(24)21-12-6-7-13-23(21)30-20-10-2-1-3-11-20/h1-13,22H,14-17H2/p+1/t22-/m0/s1. The van der Waals surface area contributed by atoms with E-state index in [1.54, 1.807) is 11.8 Å². The second-order valence-corrected chi connectivity index (χ2v) is 8.93. The van der Waals surface area contributed by atoms with Crippen molar-refractivity contribution in [3.05, 3.63) is 90.0 Å². The van der Waals surface area contributed by atoms with Crippen LogP contribution in [0.5, 0.6) is 0 Å². The Morgan fingerprint density at radius 2 is 1.53 bits per heavy atom. The first-order chi connectivity index (χ1) is 14.7. The first kappa shape index (κ1) is 19.1. The van der Waals surface area contributed by atoms with Gasteiger partial charge in [0.1, 0.15) is 6.54 Å². The summed E-state index contributed by atoms with van der Waals surface area (Å²) in [5.74, 6) is -0.173. The van der Waals surface area contributed by atoms with E-state index in [9.17, 15) is 9.59 Å². The molecular formula is C25H23N2O2S+. The maximum absolute atomic E-state index is 13.4. The number of nitrogens with one attached hydrogen (secondary N) is 1. The second kappa shape index (κ2) is 8.09. The van der Waals surface area contributed by atoms with E-state index in [1.165, 1.54) is 20.9 Å². The Kier molecular flexibility index (Phi) is 5.15. The lowest BCUT2D eigenvalue weighted by molar-refractivity contribution is -0.930. The highest BCUT2D eigenvalue weighted by molar-refractivity contribution is 7.99. The summed E-state index contributed by atoms with van der Waals surface area (Å²) in [6.45, 7) is 1.68. The van der Waals surface area contributed by atoms with Crippen molar-refractivity contribution in [2.45, 2.75) is 35.2 Å². The van der Waals surface area contributed by atoms with Crippen LogP contribution in [0.15, 0.2) is 88.7 Å². The molecule has 2 aliphatic heterocycles. The van der Waals surface area contributed by atoms with Gasteiger partial charge < -0.3 is 4.90 Å². The van der Waals surface area contributed by atoms with E-state index in [0.29, 0.717) is 5.69 Å². The molecule has 2 amide bonds. The third-order valence-corrected chi connectivity index (χ3v) is 7.04. The van der Waals surface area contributed by atoms with Crippen molar-refractivity contribution in [1.29, 1.82) is 0 Å². The first-order valence-corrected chi connectivity index (χ1v) is 11.1. The van der Waals surface area contributed by atoms with Gasteiger partial charge in [-0.05, 0) is 29.8 Å². The minimum atomic E-state index is -0.305. The number of fused-ring (bicyclic) bond motifs is 1. The number of rotatable bonds is 4. The van der Waals surface area contributed by atoms with Gasteiger partial charge in [-0.1, -0.05) is 66.4 Å². The average molecular weight is 416 g/mol.